The zero-order valence-corrected chi connectivity index (χ0v) is 13.4. The summed E-state index contributed by atoms with van der Waals surface area (Å²) in [6.07, 6.45) is 1.72. The maximum Gasteiger partial charge on any atom is 0.226 e. The lowest BCUT2D eigenvalue weighted by molar-refractivity contribution is 0.415. The van der Waals surface area contributed by atoms with E-state index in [1.54, 1.807) is 25.1 Å². The van der Waals surface area contributed by atoms with Gasteiger partial charge >= 0.3 is 0 Å². The van der Waals surface area contributed by atoms with Gasteiger partial charge in [0.05, 0.1) is 12.8 Å². The summed E-state index contributed by atoms with van der Waals surface area (Å²) in [5.74, 6) is 2.26. The first-order valence-electron chi connectivity index (χ1n) is 7.03. The fraction of sp³-hybridized carbons (Fsp3) is 0.167. The number of hydrogen-bond donors (Lipinski definition) is 0. The lowest BCUT2D eigenvalue weighted by atomic mass is 10.2. The number of thioether (sulfide) groups is 1. The Bertz CT molecular complexity index is 733. The first-order chi connectivity index (χ1) is 10.7. The average Bonchev–Trinajstić information content (AvgIpc) is 3.03. The molecule has 4 heteroatoms. The molecule has 0 amide bonds. The van der Waals surface area contributed by atoms with Gasteiger partial charge in [0.15, 0.2) is 0 Å². The SMILES string of the molecule is COc1ccc(-c2nc(CSc3ccc(C)cc3)co2)cc1. The molecule has 3 nitrogen and oxygen atoms in total. The minimum Gasteiger partial charge on any atom is -0.497 e. The highest BCUT2D eigenvalue weighted by molar-refractivity contribution is 7.98. The third-order valence-corrected chi connectivity index (χ3v) is 4.34. The Labute approximate surface area is 134 Å². The molecule has 3 rings (SSSR count). The van der Waals surface area contributed by atoms with Crippen LogP contribution in [0.3, 0.4) is 0 Å². The third kappa shape index (κ3) is 3.52. The summed E-state index contributed by atoms with van der Waals surface area (Å²) in [5, 5.41) is 0. The molecule has 22 heavy (non-hydrogen) atoms. The zero-order chi connectivity index (χ0) is 15.4. The summed E-state index contributed by atoms with van der Waals surface area (Å²) in [4.78, 5) is 5.78. The largest absolute Gasteiger partial charge is 0.497 e. The number of benzene rings is 2. The van der Waals surface area contributed by atoms with Gasteiger partial charge in [0.2, 0.25) is 5.89 Å². The molecule has 0 saturated carbocycles. The van der Waals surface area contributed by atoms with Gasteiger partial charge in [-0.3, -0.25) is 0 Å². The Kier molecular flexibility index (Phi) is 4.49. The predicted molar refractivity (Wildman–Crippen MR) is 89.2 cm³/mol. The van der Waals surface area contributed by atoms with Crippen molar-refractivity contribution in [3.63, 3.8) is 0 Å². The van der Waals surface area contributed by atoms with Crippen LogP contribution in [0.4, 0.5) is 0 Å². The van der Waals surface area contributed by atoms with E-state index in [-0.39, 0.29) is 0 Å². The number of ether oxygens (including phenoxy) is 1. The van der Waals surface area contributed by atoms with E-state index in [2.05, 4.69) is 36.2 Å². The monoisotopic (exact) mass is 311 g/mol. The summed E-state index contributed by atoms with van der Waals surface area (Å²) in [6.45, 7) is 2.09. The molecule has 0 fully saturated rings. The molecule has 0 saturated heterocycles. The van der Waals surface area contributed by atoms with Gasteiger partial charge in [-0.2, -0.15) is 0 Å². The molecular weight excluding hydrogens is 294 g/mol. The molecule has 1 heterocycles. The number of aromatic nitrogens is 1. The van der Waals surface area contributed by atoms with Crippen molar-refractivity contribution in [2.75, 3.05) is 7.11 Å². The van der Waals surface area contributed by atoms with Gasteiger partial charge in [-0.25, -0.2) is 4.98 Å². The quantitative estimate of drug-likeness (QED) is 0.624. The van der Waals surface area contributed by atoms with Crippen molar-refractivity contribution in [2.45, 2.75) is 17.6 Å². The van der Waals surface area contributed by atoms with Crippen molar-refractivity contribution >= 4 is 11.8 Å². The summed E-state index contributed by atoms with van der Waals surface area (Å²) in [6, 6.07) is 16.2. The molecule has 0 aliphatic carbocycles. The average molecular weight is 311 g/mol. The summed E-state index contributed by atoms with van der Waals surface area (Å²) in [5.41, 5.74) is 3.16. The van der Waals surface area contributed by atoms with Crippen molar-refractivity contribution in [2.24, 2.45) is 0 Å². The molecule has 0 aliphatic heterocycles. The molecule has 0 N–H and O–H groups in total. The van der Waals surface area contributed by atoms with Crippen molar-refractivity contribution in [3.05, 3.63) is 66.1 Å². The van der Waals surface area contributed by atoms with Crippen molar-refractivity contribution in [1.82, 2.24) is 4.98 Å². The van der Waals surface area contributed by atoms with E-state index in [4.69, 9.17) is 9.15 Å². The Morgan fingerprint density at radius 2 is 1.77 bits per heavy atom. The fourth-order valence-electron chi connectivity index (χ4n) is 2.03. The van der Waals surface area contributed by atoms with Crippen molar-refractivity contribution in [3.8, 4) is 17.2 Å². The van der Waals surface area contributed by atoms with Crippen LogP contribution in [-0.4, -0.2) is 12.1 Å². The van der Waals surface area contributed by atoms with E-state index in [9.17, 15) is 0 Å². The molecule has 0 bridgehead atoms. The molecular formula is C18H17NO2S. The number of oxazole rings is 1. The van der Waals surface area contributed by atoms with E-state index >= 15 is 0 Å². The second-order valence-corrected chi connectivity index (χ2v) is 6.02. The van der Waals surface area contributed by atoms with Crippen LogP contribution in [0.1, 0.15) is 11.3 Å². The summed E-state index contributed by atoms with van der Waals surface area (Å²) in [7, 11) is 1.65. The third-order valence-electron chi connectivity index (χ3n) is 3.30. The molecule has 0 radical (unpaired) electrons. The predicted octanol–water partition coefficient (Wildman–Crippen LogP) is 4.95. The lowest BCUT2D eigenvalue weighted by Gasteiger charge is -2.00. The van der Waals surface area contributed by atoms with E-state index in [1.165, 1.54) is 10.5 Å². The number of rotatable bonds is 5. The minimum absolute atomic E-state index is 0.641. The number of methoxy groups -OCH3 is 1. The fourth-order valence-corrected chi connectivity index (χ4v) is 2.81. The molecule has 1 aromatic heterocycles. The van der Waals surface area contributed by atoms with E-state index in [0.717, 1.165) is 22.8 Å². The maximum absolute atomic E-state index is 5.57. The summed E-state index contributed by atoms with van der Waals surface area (Å²) < 4.78 is 10.7. The van der Waals surface area contributed by atoms with Crippen LogP contribution in [-0.2, 0) is 5.75 Å². The highest BCUT2D eigenvalue weighted by Gasteiger charge is 2.07. The van der Waals surface area contributed by atoms with Gasteiger partial charge in [0.1, 0.15) is 12.0 Å². The first kappa shape index (κ1) is 14.7. The van der Waals surface area contributed by atoms with Gasteiger partial charge in [-0.15, -0.1) is 11.8 Å². The maximum atomic E-state index is 5.57. The first-order valence-corrected chi connectivity index (χ1v) is 8.01. The van der Waals surface area contributed by atoms with Crippen LogP contribution >= 0.6 is 11.8 Å². The summed E-state index contributed by atoms with van der Waals surface area (Å²) >= 11 is 1.75. The highest BCUT2D eigenvalue weighted by atomic mass is 32.2. The second kappa shape index (κ2) is 6.71. The molecule has 3 aromatic rings. The molecule has 0 aliphatic rings. The van der Waals surface area contributed by atoms with E-state index in [0.29, 0.717) is 5.89 Å². The Morgan fingerprint density at radius 3 is 2.45 bits per heavy atom. The van der Waals surface area contributed by atoms with E-state index < -0.39 is 0 Å². The number of hydrogen-bond acceptors (Lipinski definition) is 4. The van der Waals surface area contributed by atoms with Crippen molar-refractivity contribution in [1.29, 1.82) is 0 Å². The van der Waals surface area contributed by atoms with Gasteiger partial charge in [0, 0.05) is 16.2 Å². The van der Waals surface area contributed by atoms with Crippen LogP contribution in [0.5, 0.6) is 5.75 Å². The van der Waals surface area contributed by atoms with Crippen LogP contribution in [0.25, 0.3) is 11.5 Å². The van der Waals surface area contributed by atoms with Gasteiger partial charge < -0.3 is 9.15 Å². The molecule has 2 aromatic carbocycles. The lowest BCUT2D eigenvalue weighted by Crippen LogP contribution is -1.84. The van der Waals surface area contributed by atoms with Gasteiger partial charge in [-0.1, -0.05) is 17.7 Å². The molecule has 0 unspecified atom stereocenters. The Balaban J connectivity index is 1.66. The number of nitrogens with zero attached hydrogens (tertiary/aromatic N) is 1. The zero-order valence-electron chi connectivity index (χ0n) is 12.6. The molecule has 0 atom stereocenters. The topological polar surface area (TPSA) is 35.3 Å². The smallest absolute Gasteiger partial charge is 0.226 e. The van der Waals surface area contributed by atoms with Crippen molar-refractivity contribution < 1.29 is 9.15 Å². The normalized spacial score (nSPS) is 10.6. The Hall–Kier alpha value is -2.20. The second-order valence-electron chi connectivity index (χ2n) is 4.97. The van der Waals surface area contributed by atoms with Gasteiger partial charge in [-0.05, 0) is 43.3 Å². The van der Waals surface area contributed by atoms with Crippen LogP contribution in [0, 0.1) is 6.92 Å². The Morgan fingerprint density at radius 1 is 1.05 bits per heavy atom. The van der Waals surface area contributed by atoms with Crippen LogP contribution in [0.15, 0.2) is 64.1 Å². The number of aryl methyl sites for hydroxylation is 1. The molecule has 0 spiro atoms. The van der Waals surface area contributed by atoms with Gasteiger partial charge in [0.25, 0.3) is 0 Å². The standard InChI is InChI=1S/C18H17NO2S/c1-13-3-9-17(10-4-13)22-12-15-11-21-18(19-15)14-5-7-16(20-2)8-6-14/h3-11H,12H2,1-2H3. The van der Waals surface area contributed by atoms with Crippen LogP contribution < -0.4 is 4.74 Å². The van der Waals surface area contributed by atoms with Crippen LogP contribution in [0.2, 0.25) is 0 Å². The van der Waals surface area contributed by atoms with E-state index in [1.807, 2.05) is 24.3 Å². The highest BCUT2D eigenvalue weighted by Crippen LogP contribution is 2.26. The minimum atomic E-state index is 0.641. The molecule has 112 valence electrons.